The van der Waals surface area contributed by atoms with E-state index in [2.05, 4.69) is 0 Å². The predicted molar refractivity (Wildman–Crippen MR) is 44.1 cm³/mol. The van der Waals surface area contributed by atoms with Crippen LogP contribution >= 0.6 is 0 Å². The zero-order valence-corrected chi connectivity index (χ0v) is 7.19. The third-order valence-electron chi connectivity index (χ3n) is 2.65. The molecule has 1 aliphatic carbocycles. The smallest absolute Gasteiger partial charge is 0.323 e. The second-order valence-electron chi connectivity index (χ2n) is 3.57. The molecular weight excluding hydrogens is 174 g/mol. The molecule has 1 saturated carbocycles. The summed E-state index contributed by atoms with van der Waals surface area (Å²) in [4.78, 5) is 21.2. The number of carbonyl (C=O) groups is 2. The first-order valence-corrected chi connectivity index (χ1v) is 4.21. The number of hydrogen-bond donors (Lipinski definition) is 3. The highest BCUT2D eigenvalue weighted by atomic mass is 16.4. The minimum absolute atomic E-state index is 0.249. The summed E-state index contributed by atoms with van der Waals surface area (Å²) in [6, 6.07) is 0. The molecule has 0 heterocycles. The molecule has 0 aliphatic heterocycles. The quantitative estimate of drug-likeness (QED) is 0.566. The maximum absolute atomic E-state index is 10.7. The largest absolute Gasteiger partial charge is 0.481 e. The van der Waals surface area contributed by atoms with Gasteiger partial charge in [0.15, 0.2) is 0 Å². The molecule has 1 rings (SSSR count). The Hall–Kier alpha value is -1.10. The van der Waals surface area contributed by atoms with E-state index in [0.717, 1.165) is 0 Å². The van der Waals surface area contributed by atoms with Crippen molar-refractivity contribution in [3.63, 3.8) is 0 Å². The number of rotatable bonds is 2. The van der Waals surface area contributed by atoms with Crippen molar-refractivity contribution in [1.82, 2.24) is 0 Å². The van der Waals surface area contributed by atoms with Crippen LogP contribution in [0.5, 0.6) is 0 Å². The lowest BCUT2D eigenvalue weighted by Crippen LogP contribution is -2.51. The SMILES string of the molecule is NC1(C(=O)O)CCC(C(=O)O)CC1. The summed E-state index contributed by atoms with van der Waals surface area (Å²) in [5.41, 5.74) is 4.37. The van der Waals surface area contributed by atoms with Crippen LogP contribution in [-0.4, -0.2) is 27.7 Å². The van der Waals surface area contributed by atoms with E-state index in [0.29, 0.717) is 12.8 Å². The van der Waals surface area contributed by atoms with Gasteiger partial charge in [0.2, 0.25) is 0 Å². The van der Waals surface area contributed by atoms with Gasteiger partial charge in [-0.1, -0.05) is 0 Å². The molecule has 0 amide bonds. The van der Waals surface area contributed by atoms with Crippen LogP contribution < -0.4 is 5.73 Å². The van der Waals surface area contributed by atoms with Gasteiger partial charge in [0.25, 0.3) is 0 Å². The zero-order chi connectivity index (χ0) is 10.1. The number of hydrogen-bond acceptors (Lipinski definition) is 3. The summed E-state index contributed by atoms with van der Waals surface area (Å²) in [6.07, 6.45) is 1.22. The maximum Gasteiger partial charge on any atom is 0.323 e. The van der Waals surface area contributed by atoms with Crippen molar-refractivity contribution in [1.29, 1.82) is 0 Å². The average Bonchev–Trinajstić information content (AvgIpc) is 2.04. The number of aliphatic carboxylic acids is 2. The van der Waals surface area contributed by atoms with Gasteiger partial charge in [-0.15, -0.1) is 0 Å². The van der Waals surface area contributed by atoms with Crippen molar-refractivity contribution < 1.29 is 19.8 Å². The summed E-state index contributed by atoms with van der Waals surface area (Å²) in [7, 11) is 0. The summed E-state index contributed by atoms with van der Waals surface area (Å²) < 4.78 is 0. The van der Waals surface area contributed by atoms with Crippen molar-refractivity contribution in [2.75, 3.05) is 0 Å². The topological polar surface area (TPSA) is 101 Å². The highest BCUT2D eigenvalue weighted by Gasteiger charge is 2.39. The summed E-state index contributed by atoms with van der Waals surface area (Å²) in [6.45, 7) is 0. The fourth-order valence-corrected chi connectivity index (χ4v) is 1.59. The van der Waals surface area contributed by atoms with Crippen molar-refractivity contribution in [2.24, 2.45) is 11.7 Å². The fourth-order valence-electron chi connectivity index (χ4n) is 1.59. The fraction of sp³-hybridized carbons (Fsp3) is 0.750. The molecule has 5 nitrogen and oxygen atoms in total. The van der Waals surface area contributed by atoms with Crippen LogP contribution in [0.4, 0.5) is 0 Å². The van der Waals surface area contributed by atoms with Gasteiger partial charge in [0, 0.05) is 0 Å². The van der Waals surface area contributed by atoms with Crippen LogP contribution in [-0.2, 0) is 9.59 Å². The predicted octanol–water partition coefficient (Wildman–Crippen LogP) is 0.0433. The molecule has 0 aromatic rings. The average molecular weight is 187 g/mol. The van der Waals surface area contributed by atoms with E-state index < -0.39 is 23.4 Å². The van der Waals surface area contributed by atoms with Crippen molar-refractivity contribution in [3.8, 4) is 0 Å². The minimum Gasteiger partial charge on any atom is -0.481 e. The molecule has 0 aromatic heterocycles. The van der Waals surface area contributed by atoms with Crippen molar-refractivity contribution in [2.45, 2.75) is 31.2 Å². The van der Waals surface area contributed by atoms with Gasteiger partial charge in [0.05, 0.1) is 5.92 Å². The van der Waals surface area contributed by atoms with Gasteiger partial charge in [-0.25, -0.2) is 0 Å². The van der Waals surface area contributed by atoms with E-state index in [1.54, 1.807) is 0 Å². The normalized spacial score (nSPS) is 34.1. The Labute approximate surface area is 75.5 Å². The lowest BCUT2D eigenvalue weighted by atomic mass is 9.77. The first kappa shape index (κ1) is 9.98. The Morgan fingerprint density at radius 3 is 2.00 bits per heavy atom. The highest BCUT2D eigenvalue weighted by molar-refractivity contribution is 5.79. The second kappa shape index (κ2) is 3.33. The van der Waals surface area contributed by atoms with Gasteiger partial charge < -0.3 is 15.9 Å². The molecule has 0 unspecified atom stereocenters. The molecule has 0 spiro atoms. The molecule has 0 saturated heterocycles. The lowest BCUT2D eigenvalue weighted by Gasteiger charge is -2.31. The van der Waals surface area contributed by atoms with Gasteiger partial charge in [-0.2, -0.15) is 0 Å². The number of carboxylic acid groups (broad SMARTS) is 2. The Morgan fingerprint density at radius 2 is 1.69 bits per heavy atom. The molecule has 0 atom stereocenters. The van der Waals surface area contributed by atoms with E-state index in [9.17, 15) is 9.59 Å². The molecule has 1 aliphatic rings. The van der Waals surface area contributed by atoms with Crippen LogP contribution in [0.2, 0.25) is 0 Å². The van der Waals surface area contributed by atoms with Crippen molar-refractivity contribution >= 4 is 11.9 Å². The third-order valence-corrected chi connectivity index (χ3v) is 2.65. The molecule has 13 heavy (non-hydrogen) atoms. The molecule has 5 heteroatoms. The van der Waals surface area contributed by atoms with Gasteiger partial charge in [0.1, 0.15) is 5.54 Å². The second-order valence-corrected chi connectivity index (χ2v) is 3.57. The van der Waals surface area contributed by atoms with Crippen LogP contribution in [0.25, 0.3) is 0 Å². The van der Waals surface area contributed by atoms with Gasteiger partial charge in [-0.3, -0.25) is 9.59 Å². The van der Waals surface area contributed by atoms with Crippen LogP contribution in [0, 0.1) is 5.92 Å². The van der Waals surface area contributed by atoms with E-state index in [-0.39, 0.29) is 12.8 Å². The van der Waals surface area contributed by atoms with E-state index >= 15 is 0 Å². The molecule has 0 bridgehead atoms. The van der Waals surface area contributed by atoms with E-state index in [1.807, 2.05) is 0 Å². The maximum atomic E-state index is 10.7. The summed E-state index contributed by atoms with van der Waals surface area (Å²) in [5.74, 6) is -2.31. The van der Waals surface area contributed by atoms with Crippen LogP contribution in [0.1, 0.15) is 25.7 Å². The number of carboxylic acids is 2. The molecule has 0 radical (unpaired) electrons. The van der Waals surface area contributed by atoms with E-state index in [1.165, 1.54) is 0 Å². The molecular formula is C8H13NO4. The zero-order valence-electron chi connectivity index (χ0n) is 7.19. The van der Waals surface area contributed by atoms with Gasteiger partial charge in [-0.05, 0) is 25.7 Å². The molecule has 74 valence electrons. The first-order chi connectivity index (χ1) is 5.96. The Balaban J connectivity index is 2.56. The molecule has 4 N–H and O–H groups in total. The molecule has 0 aromatic carbocycles. The monoisotopic (exact) mass is 187 g/mol. The summed E-state index contributed by atoms with van der Waals surface area (Å²) >= 11 is 0. The Bertz CT molecular complexity index is 230. The third kappa shape index (κ3) is 1.98. The van der Waals surface area contributed by atoms with Crippen LogP contribution in [0.3, 0.4) is 0 Å². The van der Waals surface area contributed by atoms with Gasteiger partial charge >= 0.3 is 11.9 Å². The van der Waals surface area contributed by atoms with Crippen molar-refractivity contribution in [3.05, 3.63) is 0 Å². The molecule has 1 fully saturated rings. The van der Waals surface area contributed by atoms with E-state index in [4.69, 9.17) is 15.9 Å². The highest BCUT2D eigenvalue weighted by Crippen LogP contribution is 2.30. The first-order valence-electron chi connectivity index (χ1n) is 4.21. The summed E-state index contributed by atoms with van der Waals surface area (Å²) in [5, 5.41) is 17.4. The number of nitrogens with two attached hydrogens (primary N) is 1. The standard InChI is InChI=1S/C8H13NO4/c9-8(7(12)13)3-1-5(2-4-8)6(10)11/h5H,1-4,9H2,(H,10,11)(H,12,13). The minimum atomic E-state index is -1.20. The lowest BCUT2D eigenvalue weighted by molar-refractivity contribution is -0.149. The van der Waals surface area contributed by atoms with Crippen LogP contribution in [0.15, 0.2) is 0 Å². The Kier molecular flexibility index (Phi) is 2.56. The Morgan fingerprint density at radius 1 is 1.23 bits per heavy atom.